The number of esters is 1. The zero-order chi connectivity index (χ0) is 21.1. The smallest absolute Gasteiger partial charge is 0.343 e. The van der Waals surface area contributed by atoms with Gasteiger partial charge in [-0.1, -0.05) is 30.0 Å². The van der Waals surface area contributed by atoms with Crippen LogP contribution in [0.3, 0.4) is 0 Å². The van der Waals surface area contributed by atoms with Crippen molar-refractivity contribution in [3.63, 3.8) is 0 Å². The number of benzene rings is 1. The summed E-state index contributed by atoms with van der Waals surface area (Å²) < 4.78 is 5.20. The summed E-state index contributed by atoms with van der Waals surface area (Å²) in [6.45, 7) is 7.32. The quantitative estimate of drug-likeness (QED) is 0.350. The molecule has 4 rings (SSSR count). The molecule has 1 aliphatic rings. The van der Waals surface area contributed by atoms with E-state index >= 15 is 0 Å². The van der Waals surface area contributed by atoms with Crippen LogP contribution in [0.2, 0.25) is 0 Å². The van der Waals surface area contributed by atoms with Crippen molar-refractivity contribution < 1.29 is 9.53 Å². The first-order valence-electron chi connectivity index (χ1n) is 10.0. The van der Waals surface area contributed by atoms with Gasteiger partial charge in [0.2, 0.25) is 0 Å². The van der Waals surface area contributed by atoms with Crippen molar-refractivity contribution in [1.82, 2.24) is 15.0 Å². The molecule has 1 aliphatic heterocycles. The summed E-state index contributed by atoms with van der Waals surface area (Å²) in [7, 11) is 0. The lowest BCUT2D eigenvalue weighted by atomic mass is 10.1. The molecule has 0 bridgehead atoms. The number of nitrogens with zero attached hydrogens (tertiary/aromatic N) is 5. The van der Waals surface area contributed by atoms with Crippen LogP contribution in [0.1, 0.15) is 22.8 Å². The molecule has 0 amide bonds. The highest BCUT2D eigenvalue weighted by Crippen LogP contribution is 2.26. The summed E-state index contributed by atoms with van der Waals surface area (Å²) in [4.78, 5) is 30.6. The number of hydrogen-bond acceptors (Lipinski definition) is 8. The van der Waals surface area contributed by atoms with Crippen molar-refractivity contribution in [1.29, 1.82) is 0 Å². The van der Waals surface area contributed by atoms with E-state index < -0.39 is 0 Å². The van der Waals surface area contributed by atoms with E-state index in [-0.39, 0.29) is 5.97 Å². The molecule has 8 heteroatoms. The second-order valence-corrected chi connectivity index (χ2v) is 7.88. The fourth-order valence-corrected chi connectivity index (χ4v) is 4.03. The van der Waals surface area contributed by atoms with Gasteiger partial charge in [-0.25, -0.2) is 19.7 Å². The van der Waals surface area contributed by atoms with Crippen LogP contribution in [-0.4, -0.2) is 60.0 Å². The molecule has 1 saturated heterocycles. The molecule has 0 unspecified atom stereocenters. The van der Waals surface area contributed by atoms with Crippen molar-refractivity contribution >= 4 is 40.3 Å². The third-order valence-corrected chi connectivity index (χ3v) is 5.80. The van der Waals surface area contributed by atoms with E-state index in [4.69, 9.17) is 9.72 Å². The molecule has 1 aromatic carbocycles. The zero-order valence-electron chi connectivity index (χ0n) is 17.5. The van der Waals surface area contributed by atoms with Crippen LogP contribution in [0, 0.1) is 6.92 Å². The van der Waals surface area contributed by atoms with Gasteiger partial charge in [-0.3, -0.25) is 0 Å². The first kappa shape index (κ1) is 20.4. The number of ether oxygens (including phenoxy) is 1. The Morgan fingerprint density at radius 3 is 2.60 bits per heavy atom. The molecular weight excluding hydrogens is 398 g/mol. The summed E-state index contributed by atoms with van der Waals surface area (Å²) in [5.41, 5.74) is 2.66. The molecule has 0 atom stereocenters. The Morgan fingerprint density at radius 1 is 1.13 bits per heavy atom. The molecule has 0 N–H and O–H groups in total. The largest absolute Gasteiger partial charge is 0.462 e. The second kappa shape index (κ2) is 8.87. The van der Waals surface area contributed by atoms with Gasteiger partial charge in [0.05, 0.1) is 12.1 Å². The minimum Gasteiger partial charge on any atom is -0.462 e. The molecule has 3 heterocycles. The van der Waals surface area contributed by atoms with Crippen molar-refractivity contribution in [2.24, 2.45) is 0 Å². The maximum absolute atomic E-state index is 12.4. The van der Waals surface area contributed by atoms with E-state index in [0.717, 1.165) is 37.5 Å². The molecule has 7 nitrogen and oxygen atoms in total. The number of thioether (sulfide) groups is 1. The van der Waals surface area contributed by atoms with E-state index in [0.29, 0.717) is 23.1 Å². The highest BCUT2D eigenvalue weighted by atomic mass is 32.2. The number of hydrogen-bond donors (Lipinski definition) is 0. The molecule has 2 aromatic heterocycles. The number of carbonyl (C=O) groups excluding carboxylic acids is 1. The second-order valence-electron chi connectivity index (χ2n) is 7.10. The maximum Gasteiger partial charge on any atom is 0.343 e. The van der Waals surface area contributed by atoms with Crippen LogP contribution in [0.5, 0.6) is 0 Å². The molecular formula is C22H25N5O2S. The SMILES string of the molecule is CCOC(=O)c1cnc(SC)nc1N1CCN(c2cc(C)c3ccccc3n2)CC1. The Hall–Kier alpha value is -2.87. The van der Waals surface area contributed by atoms with E-state index in [2.05, 4.69) is 44.9 Å². The minimum absolute atomic E-state index is 0.323. The number of piperazine rings is 1. The number of carbonyl (C=O) groups is 1. The zero-order valence-corrected chi connectivity index (χ0v) is 18.3. The van der Waals surface area contributed by atoms with E-state index in [1.165, 1.54) is 22.7 Å². The third-order valence-electron chi connectivity index (χ3n) is 5.24. The van der Waals surface area contributed by atoms with Gasteiger partial charge < -0.3 is 14.5 Å². The summed E-state index contributed by atoms with van der Waals surface area (Å²) in [5, 5.41) is 1.83. The van der Waals surface area contributed by atoms with Crippen molar-refractivity contribution in [2.75, 3.05) is 48.8 Å². The average Bonchev–Trinajstić information content (AvgIpc) is 2.79. The number of rotatable bonds is 5. The maximum atomic E-state index is 12.4. The third kappa shape index (κ3) is 4.05. The van der Waals surface area contributed by atoms with Crippen LogP contribution in [0.15, 0.2) is 41.7 Å². The molecule has 156 valence electrons. The van der Waals surface area contributed by atoms with Crippen LogP contribution < -0.4 is 9.80 Å². The molecule has 0 saturated carbocycles. The first-order chi connectivity index (χ1) is 14.6. The molecule has 0 aliphatic carbocycles. The van der Waals surface area contributed by atoms with Crippen molar-refractivity contribution in [3.8, 4) is 0 Å². The number of pyridine rings is 1. The van der Waals surface area contributed by atoms with E-state index in [9.17, 15) is 4.79 Å². The predicted octanol–water partition coefficient (Wildman–Crippen LogP) is 3.56. The molecule has 0 spiro atoms. The number of fused-ring (bicyclic) bond motifs is 1. The fraction of sp³-hybridized carbons (Fsp3) is 0.364. The number of anilines is 2. The summed E-state index contributed by atoms with van der Waals surface area (Å²) in [6.07, 6.45) is 3.50. The van der Waals surface area contributed by atoms with Crippen LogP contribution in [0.4, 0.5) is 11.6 Å². The summed E-state index contributed by atoms with van der Waals surface area (Å²) in [6, 6.07) is 10.4. The highest BCUT2D eigenvalue weighted by Gasteiger charge is 2.25. The average molecular weight is 424 g/mol. The predicted molar refractivity (Wildman–Crippen MR) is 121 cm³/mol. The van der Waals surface area contributed by atoms with Crippen molar-refractivity contribution in [2.45, 2.75) is 19.0 Å². The topological polar surface area (TPSA) is 71.5 Å². The van der Waals surface area contributed by atoms with Gasteiger partial charge in [-0.05, 0) is 37.8 Å². The Balaban J connectivity index is 1.56. The van der Waals surface area contributed by atoms with Gasteiger partial charge in [0.25, 0.3) is 0 Å². The Bertz CT molecular complexity index is 1070. The van der Waals surface area contributed by atoms with Crippen LogP contribution in [-0.2, 0) is 4.74 Å². The van der Waals surface area contributed by atoms with Crippen LogP contribution in [0.25, 0.3) is 10.9 Å². The lowest BCUT2D eigenvalue weighted by molar-refractivity contribution is 0.0526. The molecule has 3 aromatic rings. The highest BCUT2D eigenvalue weighted by molar-refractivity contribution is 7.98. The lowest BCUT2D eigenvalue weighted by Gasteiger charge is -2.36. The molecule has 30 heavy (non-hydrogen) atoms. The van der Waals surface area contributed by atoms with Gasteiger partial charge in [0, 0.05) is 37.8 Å². The van der Waals surface area contributed by atoms with Crippen molar-refractivity contribution in [3.05, 3.63) is 47.7 Å². The standard InChI is InChI=1S/C22H25N5O2S/c1-4-29-21(28)17-14-23-22(30-3)25-20(17)27-11-9-26(10-12-27)19-13-15(2)16-7-5-6-8-18(16)24-19/h5-8,13-14H,4,9-12H2,1-3H3. The molecule has 0 radical (unpaired) electrons. The lowest BCUT2D eigenvalue weighted by Crippen LogP contribution is -2.47. The van der Waals surface area contributed by atoms with Gasteiger partial charge in [-0.15, -0.1) is 0 Å². The van der Waals surface area contributed by atoms with E-state index in [1.807, 2.05) is 18.4 Å². The summed E-state index contributed by atoms with van der Waals surface area (Å²) >= 11 is 1.46. The van der Waals surface area contributed by atoms with Gasteiger partial charge in [-0.2, -0.15) is 0 Å². The fourth-order valence-electron chi connectivity index (χ4n) is 3.69. The molecule has 1 fully saturated rings. The van der Waals surface area contributed by atoms with E-state index in [1.54, 1.807) is 13.1 Å². The first-order valence-corrected chi connectivity index (χ1v) is 11.3. The monoisotopic (exact) mass is 423 g/mol. The number of para-hydroxylation sites is 1. The Morgan fingerprint density at radius 2 is 1.87 bits per heavy atom. The summed E-state index contributed by atoms with van der Waals surface area (Å²) in [5.74, 6) is 1.26. The number of aryl methyl sites for hydroxylation is 1. The van der Waals surface area contributed by atoms with Gasteiger partial charge in [0.15, 0.2) is 5.16 Å². The van der Waals surface area contributed by atoms with Gasteiger partial charge >= 0.3 is 5.97 Å². The number of aromatic nitrogens is 3. The Kier molecular flexibility index (Phi) is 6.03. The Labute approximate surface area is 180 Å². The minimum atomic E-state index is -0.380. The van der Waals surface area contributed by atoms with Gasteiger partial charge in [0.1, 0.15) is 17.2 Å². The van der Waals surface area contributed by atoms with Crippen LogP contribution >= 0.6 is 11.8 Å². The normalized spacial score (nSPS) is 14.2.